The summed E-state index contributed by atoms with van der Waals surface area (Å²) in [5.74, 6) is 1.11. The van der Waals surface area contributed by atoms with Crippen LogP contribution < -0.4 is 20.0 Å². The zero-order chi connectivity index (χ0) is 24.7. The first-order chi connectivity index (χ1) is 16.9. The number of nitrogens with zero attached hydrogens (tertiary/aromatic N) is 7. The summed E-state index contributed by atoms with van der Waals surface area (Å²) in [5, 5.41) is 5.08. The number of thiazole rings is 1. The summed E-state index contributed by atoms with van der Waals surface area (Å²) in [6.45, 7) is 13.5. The molecule has 5 rings (SSSR count). The molecule has 0 bridgehead atoms. The van der Waals surface area contributed by atoms with Crippen molar-refractivity contribution in [1.82, 2.24) is 19.9 Å². The van der Waals surface area contributed by atoms with Gasteiger partial charge < -0.3 is 24.9 Å². The van der Waals surface area contributed by atoms with Crippen molar-refractivity contribution in [2.24, 2.45) is 0 Å². The second-order valence-electron chi connectivity index (χ2n) is 9.00. The number of hydrogen-bond donors (Lipinski definition) is 1. The van der Waals surface area contributed by atoms with Gasteiger partial charge in [0.1, 0.15) is 10.7 Å². The summed E-state index contributed by atoms with van der Waals surface area (Å²) < 4.78 is 0. The molecule has 1 saturated heterocycles. The van der Waals surface area contributed by atoms with Crippen molar-refractivity contribution in [3.05, 3.63) is 40.7 Å². The SMILES string of the molecule is CCN1C(=O)c2nc(C)sc2N(CC)c2nc(Nc3ccc(N4CCN(C)CC4)c(C)c3)ncc21. The van der Waals surface area contributed by atoms with E-state index in [2.05, 4.69) is 69.1 Å². The Balaban J connectivity index is 1.46. The predicted molar refractivity (Wildman–Crippen MR) is 143 cm³/mol. The standard InChI is InChI=1S/C25H32N8OS/c1-6-32-20-15-26-25(29-22(20)33(7-2)24-21(23(32)34)27-17(4)35-24)28-18-8-9-19(16(3)14-18)31-12-10-30(5)11-13-31/h8-9,14-15H,6-7,10-13H2,1-5H3,(H,26,28,29). The number of anilines is 6. The Morgan fingerprint density at radius 3 is 2.43 bits per heavy atom. The van der Waals surface area contributed by atoms with Crippen molar-refractivity contribution in [1.29, 1.82) is 0 Å². The number of hydrogen-bond acceptors (Lipinski definition) is 9. The lowest BCUT2D eigenvalue weighted by Crippen LogP contribution is -2.44. The Kier molecular flexibility index (Phi) is 6.33. The van der Waals surface area contributed by atoms with E-state index in [1.807, 2.05) is 13.8 Å². The van der Waals surface area contributed by atoms with E-state index in [4.69, 9.17) is 4.98 Å². The molecular formula is C25H32N8OS. The van der Waals surface area contributed by atoms with Crippen molar-refractivity contribution in [2.45, 2.75) is 27.7 Å². The molecule has 4 heterocycles. The lowest BCUT2D eigenvalue weighted by molar-refractivity contribution is 0.0985. The highest BCUT2D eigenvalue weighted by Crippen LogP contribution is 2.42. The van der Waals surface area contributed by atoms with Gasteiger partial charge in [0, 0.05) is 50.6 Å². The van der Waals surface area contributed by atoms with Crippen molar-refractivity contribution < 1.29 is 4.79 Å². The van der Waals surface area contributed by atoms with E-state index in [0.717, 1.165) is 41.9 Å². The Morgan fingerprint density at radius 1 is 1.00 bits per heavy atom. The molecular weight excluding hydrogens is 460 g/mol. The molecule has 1 amide bonds. The van der Waals surface area contributed by atoms with Crippen molar-refractivity contribution >= 4 is 51.1 Å². The first kappa shape index (κ1) is 23.5. The summed E-state index contributed by atoms with van der Waals surface area (Å²) in [5.41, 5.74) is 4.62. The summed E-state index contributed by atoms with van der Waals surface area (Å²) in [6.07, 6.45) is 1.74. The molecule has 0 spiro atoms. The van der Waals surface area contributed by atoms with E-state index in [-0.39, 0.29) is 5.91 Å². The monoisotopic (exact) mass is 492 g/mol. The number of carbonyl (C=O) groups is 1. The number of rotatable bonds is 5. The average molecular weight is 493 g/mol. The number of nitrogens with one attached hydrogen (secondary N) is 1. The van der Waals surface area contributed by atoms with Crippen LogP contribution in [0.1, 0.15) is 34.9 Å². The van der Waals surface area contributed by atoms with Gasteiger partial charge in [0.05, 0.1) is 11.2 Å². The zero-order valence-electron chi connectivity index (χ0n) is 21.0. The number of fused-ring (bicyclic) bond motifs is 2. The van der Waals surface area contributed by atoms with Gasteiger partial charge in [-0.25, -0.2) is 9.97 Å². The van der Waals surface area contributed by atoms with Gasteiger partial charge in [-0.3, -0.25) is 4.79 Å². The number of amides is 1. The minimum absolute atomic E-state index is 0.108. The molecule has 1 aromatic carbocycles. The zero-order valence-corrected chi connectivity index (χ0v) is 21.8. The molecule has 2 aliphatic heterocycles. The topological polar surface area (TPSA) is 80.7 Å². The average Bonchev–Trinajstić information content (AvgIpc) is 3.19. The molecule has 9 nitrogen and oxygen atoms in total. The second-order valence-corrected chi connectivity index (χ2v) is 10.2. The fourth-order valence-corrected chi connectivity index (χ4v) is 5.73. The molecule has 0 aliphatic carbocycles. The van der Waals surface area contributed by atoms with Crippen molar-refractivity contribution in [3.8, 4) is 0 Å². The molecule has 3 aromatic rings. The van der Waals surface area contributed by atoms with Crippen LogP contribution in [-0.2, 0) is 0 Å². The molecule has 184 valence electrons. The van der Waals surface area contributed by atoms with Gasteiger partial charge >= 0.3 is 0 Å². The molecule has 35 heavy (non-hydrogen) atoms. The van der Waals surface area contributed by atoms with Crippen LogP contribution in [-0.4, -0.2) is 72.1 Å². The van der Waals surface area contributed by atoms with Gasteiger partial charge in [0.2, 0.25) is 5.95 Å². The molecule has 1 fully saturated rings. The maximum Gasteiger partial charge on any atom is 0.280 e. The number of likely N-dealkylation sites (N-methyl/N-ethyl adjacent to an activating group) is 1. The van der Waals surface area contributed by atoms with Gasteiger partial charge in [-0.05, 0) is 58.5 Å². The smallest absolute Gasteiger partial charge is 0.280 e. The predicted octanol–water partition coefficient (Wildman–Crippen LogP) is 4.18. The summed E-state index contributed by atoms with van der Waals surface area (Å²) in [6, 6.07) is 6.40. The summed E-state index contributed by atoms with van der Waals surface area (Å²) >= 11 is 1.52. The largest absolute Gasteiger partial charge is 0.369 e. The van der Waals surface area contributed by atoms with E-state index >= 15 is 0 Å². The molecule has 2 aliphatic rings. The summed E-state index contributed by atoms with van der Waals surface area (Å²) in [4.78, 5) is 35.8. The Hall–Kier alpha value is -3.24. The molecule has 2 aromatic heterocycles. The minimum atomic E-state index is -0.108. The van der Waals surface area contributed by atoms with Crippen LogP contribution >= 0.6 is 11.3 Å². The third-order valence-electron chi connectivity index (χ3n) is 6.63. The van der Waals surface area contributed by atoms with Crippen LogP contribution in [0.5, 0.6) is 0 Å². The number of aryl methyl sites for hydroxylation is 2. The van der Waals surface area contributed by atoms with Crippen molar-refractivity contribution in [3.63, 3.8) is 0 Å². The Morgan fingerprint density at radius 2 is 1.74 bits per heavy atom. The summed E-state index contributed by atoms with van der Waals surface area (Å²) in [7, 11) is 2.17. The maximum absolute atomic E-state index is 13.3. The van der Waals surface area contributed by atoms with Gasteiger partial charge in [0.25, 0.3) is 5.91 Å². The van der Waals surface area contributed by atoms with Crippen molar-refractivity contribution in [2.75, 3.05) is 66.3 Å². The van der Waals surface area contributed by atoms with Crippen LogP contribution in [0.25, 0.3) is 0 Å². The maximum atomic E-state index is 13.3. The van der Waals surface area contributed by atoms with E-state index in [1.54, 1.807) is 11.1 Å². The highest BCUT2D eigenvalue weighted by atomic mass is 32.1. The van der Waals surface area contributed by atoms with E-state index in [1.165, 1.54) is 22.6 Å². The van der Waals surface area contributed by atoms with Gasteiger partial charge in [0.15, 0.2) is 11.5 Å². The van der Waals surface area contributed by atoms with Crippen LogP contribution in [0.3, 0.4) is 0 Å². The van der Waals surface area contributed by atoms with E-state index < -0.39 is 0 Å². The lowest BCUT2D eigenvalue weighted by atomic mass is 10.1. The number of piperazine rings is 1. The number of aromatic nitrogens is 3. The van der Waals surface area contributed by atoms with Crippen LogP contribution in [0.4, 0.5) is 33.8 Å². The Labute approximate surface area is 210 Å². The second kappa shape index (κ2) is 9.43. The first-order valence-electron chi connectivity index (χ1n) is 12.1. The fraction of sp³-hybridized carbons (Fsp3) is 0.440. The van der Waals surface area contributed by atoms with Crippen LogP contribution in [0.15, 0.2) is 24.4 Å². The highest BCUT2D eigenvalue weighted by Gasteiger charge is 2.34. The molecule has 0 unspecified atom stereocenters. The quantitative estimate of drug-likeness (QED) is 0.568. The lowest BCUT2D eigenvalue weighted by Gasteiger charge is -2.35. The Bertz CT molecular complexity index is 1250. The third kappa shape index (κ3) is 4.32. The molecule has 1 N–H and O–H groups in total. The van der Waals surface area contributed by atoms with Gasteiger partial charge in [-0.15, -0.1) is 11.3 Å². The normalized spacial score (nSPS) is 16.3. The number of carbonyl (C=O) groups excluding carboxylic acids is 1. The van der Waals surface area contributed by atoms with E-state index in [0.29, 0.717) is 36.2 Å². The number of benzene rings is 1. The van der Waals surface area contributed by atoms with Crippen LogP contribution in [0, 0.1) is 13.8 Å². The third-order valence-corrected chi connectivity index (χ3v) is 7.63. The highest BCUT2D eigenvalue weighted by molar-refractivity contribution is 7.16. The molecule has 0 saturated carbocycles. The molecule has 10 heteroatoms. The molecule has 0 radical (unpaired) electrons. The first-order valence-corrected chi connectivity index (χ1v) is 13.0. The fourth-order valence-electron chi connectivity index (χ4n) is 4.76. The van der Waals surface area contributed by atoms with Gasteiger partial charge in [-0.1, -0.05) is 0 Å². The van der Waals surface area contributed by atoms with Gasteiger partial charge in [-0.2, -0.15) is 4.98 Å². The molecule has 0 atom stereocenters. The minimum Gasteiger partial charge on any atom is -0.369 e. The van der Waals surface area contributed by atoms with E-state index in [9.17, 15) is 4.79 Å². The van der Waals surface area contributed by atoms with Crippen LogP contribution in [0.2, 0.25) is 0 Å².